The van der Waals surface area contributed by atoms with E-state index in [1.807, 2.05) is 30.5 Å². The van der Waals surface area contributed by atoms with E-state index in [9.17, 15) is 14.4 Å². The van der Waals surface area contributed by atoms with Crippen molar-refractivity contribution in [2.75, 3.05) is 19.0 Å². The van der Waals surface area contributed by atoms with E-state index in [2.05, 4.69) is 20.5 Å². The van der Waals surface area contributed by atoms with E-state index >= 15 is 0 Å². The van der Waals surface area contributed by atoms with Gasteiger partial charge < -0.3 is 25.3 Å². The molecule has 0 saturated heterocycles. The van der Waals surface area contributed by atoms with Gasteiger partial charge in [0.25, 0.3) is 5.91 Å². The van der Waals surface area contributed by atoms with Crippen LogP contribution in [0.15, 0.2) is 54.7 Å². The zero-order valence-corrected chi connectivity index (χ0v) is 17.9. The first kappa shape index (κ1) is 21.4. The van der Waals surface area contributed by atoms with Crippen LogP contribution in [0.3, 0.4) is 0 Å². The molecule has 166 valence electrons. The molecule has 4 rings (SSSR count). The van der Waals surface area contributed by atoms with Crippen LogP contribution in [-0.2, 0) is 16.1 Å². The van der Waals surface area contributed by atoms with Crippen molar-refractivity contribution < 1.29 is 19.1 Å². The Labute approximate surface area is 185 Å². The molecule has 1 atom stereocenters. The molecule has 0 unspecified atom stereocenters. The molecule has 3 aromatic rings. The molecule has 8 nitrogen and oxygen atoms in total. The van der Waals surface area contributed by atoms with Gasteiger partial charge in [0, 0.05) is 36.6 Å². The standard InChI is InChI=1S/C24H26N4O4/c1-32-17-7-9-21-16(15-17)11-14-28(21)13-4-12-25-22(29)10-8-20-24(31)26-19-6-3-2-5-18(19)23(30)27-20/h2-3,5-7,9,11,14-15,20H,4,8,10,12-13H2,1H3,(H,25,29)(H,26,31)(H,27,30)/t20-/m1/s1. The van der Waals surface area contributed by atoms with Crippen LogP contribution in [0.25, 0.3) is 10.9 Å². The van der Waals surface area contributed by atoms with Crippen molar-refractivity contribution in [3.63, 3.8) is 0 Å². The molecule has 0 aliphatic carbocycles. The van der Waals surface area contributed by atoms with Crippen molar-refractivity contribution in [2.45, 2.75) is 31.8 Å². The van der Waals surface area contributed by atoms with Gasteiger partial charge in [-0.05, 0) is 49.2 Å². The molecule has 0 radical (unpaired) electrons. The first-order valence-corrected chi connectivity index (χ1v) is 10.7. The second-order valence-corrected chi connectivity index (χ2v) is 7.74. The summed E-state index contributed by atoms with van der Waals surface area (Å²) in [6, 6.07) is 14.1. The van der Waals surface area contributed by atoms with E-state index in [-0.39, 0.29) is 30.6 Å². The number of carbonyl (C=O) groups is 3. The zero-order valence-electron chi connectivity index (χ0n) is 17.9. The van der Waals surface area contributed by atoms with Gasteiger partial charge in [0.2, 0.25) is 11.8 Å². The van der Waals surface area contributed by atoms with Crippen LogP contribution in [0.2, 0.25) is 0 Å². The smallest absolute Gasteiger partial charge is 0.254 e. The first-order chi connectivity index (χ1) is 15.5. The van der Waals surface area contributed by atoms with Crippen LogP contribution in [-0.4, -0.2) is 42.0 Å². The lowest BCUT2D eigenvalue weighted by Crippen LogP contribution is -2.42. The maximum Gasteiger partial charge on any atom is 0.254 e. The maximum absolute atomic E-state index is 12.4. The Bertz CT molecular complexity index is 1150. The van der Waals surface area contributed by atoms with Gasteiger partial charge in [0.1, 0.15) is 11.8 Å². The molecule has 0 spiro atoms. The fraction of sp³-hybridized carbons (Fsp3) is 0.292. The number of carbonyl (C=O) groups excluding carboxylic acids is 3. The topological polar surface area (TPSA) is 101 Å². The number of amides is 3. The number of aryl methyl sites for hydroxylation is 1. The number of nitrogens with zero attached hydrogens (tertiary/aromatic N) is 1. The summed E-state index contributed by atoms with van der Waals surface area (Å²) in [4.78, 5) is 37.0. The number of methoxy groups -OCH3 is 1. The molecule has 3 N–H and O–H groups in total. The third-order valence-corrected chi connectivity index (χ3v) is 5.59. The summed E-state index contributed by atoms with van der Waals surface area (Å²) in [6.45, 7) is 1.30. The van der Waals surface area contributed by atoms with Gasteiger partial charge in [0.15, 0.2) is 0 Å². The van der Waals surface area contributed by atoms with Gasteiger partial charge in [-0.3, -0.25) is 14.4 Å². The van der Waals surface area contributed by atoms with E-state index in [0.29, 0.717) is 17.8 Å². The highest BCUT2D eigenvalue weighted by Crippen LogP contribution is 2.22. The second-order valence-electron chi connectivity index (χ2n) is 7.74. The van der Waals surface area contributed by atoms with Gasteiger partial charge >= 0.3 is 0 Å². The Morgan fingerprint density at radius 3 is 2.84 bits per heavy atom. The normalized spacial score (nSPS) is 15.5. The summed E-state index contributed by atoms with van der Waals surface area (Å²) in [5.74, 6) is 0.0500. The summed E-state index contributed by atoms with van der Waals surface area (Å²) in [5, 5.41) is 9.46. The minimum atomic E-state index is -0.746. The van der Waals surface area contributed by atoms with Crippen LogP contribution in [0.5, 0.6) is 5.75 Å². The molecule has 2 aromatic carbocycles. The van der Waals surface area contributed by atoms with Gasteiger partial charge in [-0.15, -0.1) is 0 Å². The summed E-state index contributed by atoms with van der Waals surface area (Å²) in [6.07, 6.45) is 3.19. The number of aromatic nitrogens is 1. The highest BCUT2D eigenvalue weighted by Gasteiger charge is 2.27. The largest absolute Gasteiger partial charge is 0.497 e. The summed E-state index contributed by atoms with van der Waals surface area (Å²) < 4.78 is 7.40. The highest BCUT2D eigenvalue weighted by molar-refractivity contribution is 6.09. The number of benzene rings is 2. The van der Waals surface area contributed by atoms with E-state index in [1.54, 1.807) is 31.4 Å². The van der Waals surface area contributed by atoms with Crippen LogP contribution in [0.1, 0.15) is 29.6 Å². The van der Waals surface area contributed by atoms with Crippen molar-refractivity contribution in [1.29, 1.82) is 0 Å². The number of hydrogen-bond acceptors (Lipinski definition) is 4. The molecule has 3 amide bonds. The molecule has 8 heteroatoms. The molecular weight excluding hydrogens is 408 g/mol. The van der Waals surface area contributed by atoms with Crippen molar-refractivity contribution in [2.24, 2.45) is 0 Å². The van der Waals surface area contributed by atoms with Crippen molar-refractivity contribution >= 4 is 34.3 Å². The van der Waals surface area contributed by atoms with Crippen molar-refractivity contribution in [1.82, 2.24) is 15.2 Å². The average molecular weight is 434 g/mol. The third kappa shape index (κ3) is 4.74. The van der Waals surface area contributed by atoms with Crippen molar-refractivity contribution in [3.8, 4) is 5.75 Å². The number of rotatable bonds is 8. The first-order valence-electron chi connectivity index (χ1n) is 10.7. The lowest BCUT2D eigenvalue weighted by atomic mass is 10.1. The monoisotopic (exact) mass is 434 g/mol. The van der Waals surface area contributed by atoms with Crippen LogP contribution < -0.4 is 20.7 Å². The van der Waals surface area contributed by atoms with Crippen LogP contribution in [0.4, 0.5) is 5.69 Å². The Morgan fingerprint density at radius 2 is 2.00 bits per heavy atom. The van der Waals surface area contributed by atoms with E-state index in [1.165, 1.54) is 0 Å². The van der Waals surface area contributed by atoms with E-state index in [0.717, 1.165) is 29.6 Å². The molecule has 0 bridgehead atoms. The van der Waals surface area contributed by atoms with Gasteiger partial charge in [-0.2, -0.15) is 0 Å². The number of hydrogen-bond donors (Lipinski definition) is 3. The predicted molar refractivity (Wildman–Crippen MR) is 122 cm³/mol. The lowest BCUT2D eigenvalue weighted by molar-refractivity contribution is -0.121. The summed E-state index contributed by atoms with van der Waals surface area (Å²) >= 11 is 0. The van der Waals surface area contributed by atoms with Gasteiger partial charge in [-0.1, -0.05) is 12.1 Å². The number of ether oxygens (including phenoxy) is 1. The fourth-order valence-electron chi connectivity index (χ4n) is 3.86. The van der Waals surface area contributed by atoms with Gasteiger partial charge in [0.05, 0.1) is 18.4 Å². The molecule has 0 fully saturated rings. The molecule has 0 saturated carbocycles. The molecule has 2 heterocycles. The number of anilines is 1. The Kier molecular flexibility index (Phi) is 6.39. The molecule has 1 aliphatic rings. The van der Waals surface area contributed by atoms with E-state index < -0.39 is 6.04 Å². The third-order valence-electron chi connectivity index (χ3n) is 5.59. The highest BCUT2D eigenvalue weighted by atomic mass is 16.5. The maximum atomic E-state index is 12.4. The quantitative estimate of drug-likeness (QED) is 0.475. The minimum absolute atomic E-state index is 0.143. The molecule has 1 aliphatic heterocycles. The summed E-state index contributed by atoms with van der Waals surface area (Å²) in [7, 11) is 1.65. The zero-order chi connectivity index (χ0) is 22.5. The second kappa shape index (κ2) is 9.55. The number of nitrogens with one attached hydrogen (secondary N) is 3. The predicted octanol–water partition coefficient (Wildman–Crippen LogP) is 2.69. The van der Waals surface area contributed by atoms with Gasteiger partial charge in [-0.25, -0.2) is 0 Å². The lowest BCUT2D eigenvalue weighted by Gasteiger charge is -2.14. The average Bonchev–Trinajstić information content (AvgIpc) is 3.16. The Hall–Kier alpha value is -3.81. The summed E-state index contributed by atoms with van der Waals surface area (Å²) in [5.41, 5.74) is 2.02. The minimum Gasteiger partial charge on any atom is -0.497 e. The fourth-order valence-corrected chi connectivity index (χ4v) is 3.86. The van der Waals surface area contributed by atoms with Crippen LogP contribution in [0, 0.1) is 0 Å². The SMILES string of the molecule is COc1ccc2c(ccn2CCCNC(=O)CC[C@H]2NC(=O)c3ccccc3NC2=O)c1. The van der Waals surface area contributed by atoms with Crippen LogP contribution >= 0.6 is 0 Å². The molecule has 1 aromatic heterocycles. The Balaban J connectivity index is 1.22. The molecule has 32 heavy (non-hydrogen) atoms. The number of fused-ring (bicyclic) bond motifs is 2. The molecular formula is C24H26N4O4. The van der Waals surface area contributed by atoms with E-state index in [4.69, 9.17) is 4.74 Å². The number of para-hydroxylation sites is 1. The van der Waals surface area contributed by atoms with Crippen molar-refractivity contribution in [3.05, 3.63) is 60.3 Å². The Morgan fingerprint density at radius 1 is 1.16 bits per heavy atom.